The zero-order valence-corrected chi connectivity index (χ0v) is 18.5. The van der Waals surface area contributed by atoms with E-state index in [1.54, 1.807) is 26.4 Å². The summed E-state index contributed by atoms with van der Waals surface area (Å²) in [5.74, 6) is 2.22. The van der Waals surface area contributed by atoms with Gasteiger partial charge in [0.25, 0.3) is 0 Å². The van der Waals surface area contributed by atoms with Crippen LogP contribution in [0, 0.1) is 5.92 Å². The number of phenolic OH excluding ortho intramolecular Hbond substituents is 1. The number of amidine groups is 1. The maximum absolute atomic E-state index is 10.6. The number of aromatic hydroxyl groups is 1. The highest BCUT2D eigenvalue weighted by molar-refractivity contribution is 7.80. The monoisotopic (exact) mass is 424 g/mol. The predicted octanol–water partition coefficient (Wildman–Crippen LogP) is 4.44. The zero-order chi connectivity index (χ0) is 21.6. The van der Waals surface area contributed by atoms with Crippen LogP contribution in [-0.2, 0) is 11.8 Å². The molecule has 0 spiro atoms. The average molecular weight is 425 g/mol. The van der Waals surface area contributed by atoms with Crippen molar-refractivity contribution < 1.29 is 19.3 Å². The van der Waals surface area contributed by atoms with E-state index >= 15 is 0 Å². The molecule has 0 aromatic heterocycles. The van der Waals surface area contributed by atoms with Gasteiger partial charge >= 0.3 is 0 Å². The Labute approximate surface area is 181 Å². The van der Waals surface area contributed by atoms with Gasteiger partial charge in [-0.15, -0.1) is 0 Å². The number of para-hydroxylation sites is 1. The third-order valence-electron chi connectivity index (χ3n) is 5.32. The molecule has 0 radical (unpaired) electrons. The lowest BCUT2D eigenvalue weighted by Crippen LogP contribution is -2.36. The van der Waals surface area contributed by atoms with E-state index in [9.17, 15) is 5.11 Å². The highest BCUT2D eigenvalue weighted by Crippen LogP contribution is 2.42. The van der Waals surface area contributed by atoms with Crippen LogP contribution in [-0.4, -0.2) is 36.0 Å². The third kappa shape index (κ3) is 3.43. The van der Waals surface area contributed by atoms with E-state index in [0.29, 0.717) is 46.0 Å². The molecule has 0 saturated heterocycles. The van der Waals surface area contributed by atoms with Crippen molar-refractivity contribution in [2.75, 3.05) is 14.2 Å². The molecule has 1 unspecified atom stereocenters. The molecule has 30 heavy (non-hydrogen) atoms. The number of hydrogen-bond donors (Lipinski definition) is 1. The van der Waals surface area contributed by atoms with Crippen LogP contribution >= 0.6 is 12.2 Å². The minimum absolute atomic E-state index is 0.0950. The maximum atomic E-state index is 10.6. The largest absolute Gasteiger partial charge is 0.504 e. The first-order chi connectivity index (χ1) is 14.2. The van der Waals surface area contributed by atoms with E-state index < -0.39 is 0 Å². The Hall–Kier alpha value is -2.93. The van der Waals surface area contributed by atoms with Gasteiger partial charge in [-0.3, -0.25) is 0 Å². The Bertz CT molecular complexity index is 1100. The van der Waals surface area contributed by atoms with Gasteiger partial charge in [-0.25, -0.2) is 4.99 Å². The second kappa shape index (κ2) is 7.40. The van der Waals surface area contributed by atoms with Gasteiger partial charge < -0.3 is 19.3 Å². The molecule has 2 aromatic rings. The highest BCUT2D eigenvalue weighted by atomic mass is 32.1. The lowest BCUT2D eigenvalue weighted by molar-refractivity contribution is 0.354. The summed E-state index contributed by atoms with van der Waals surface area (Å²) in [4.78, 5) is 9.69. The summed E-state index contributed by atoms with van der Waals surface area (Å²) < 4.78 is 16.9. The minimum atomic E-state index is -0.248. The van der Waals surface area contributed by atoms with E-state index in [4.69, 9.17) is 26.4 Å². The number of fused-ring (bicyclic) bond motifs is 2. The smallest absolute Gasteiger partial charge is 0.207 e. The van der Waals surface area contributed by atoms with Gasteiger partial charge in [0, 0.05) is 5.56 Å². The normalized spacial score (nSPS) is 17.9. The molecule has 0 fully saturated rings. The summed E-state index contributed by atoms with van der Waals surface area (Å²) in [5.41, 5.74) is 2.51. The molecule has 2 heterocycles. The van der Waals surface area contributed by atoms with Crippen molar-refractivity contribution in [1.82, 2.24) is 0 Å². The van der Waals surface area contributed by atoms with Crippen LogP contribution in [0.5, 0.6) is 23.0 Å². The second-order valence-electron chi connectivity index (χ2n) is 8.36. The summed E-state index contributed by atoms with van der Waals surface area (Å²) in [7, 11) is 3.14. The molecule has 6 nitrogen and oxygen atoms in total. The molecule has 1 atom stereocenters. The fourth-order valence-corrected chi connectivity index (χ4v) is 3.92. The number of thiocarbonyl (C=S) groups is 1. The molecule has 156 valence electrons. The molecule has 0 aliphatic carbocycles. The number of hydrogen-bond acceptors (Lipinski definition) is 6. The van der Waals surface area contributed by atoms with Crippen LogP contribution in [0.2, 0.25) is 0 Å². The molecule has 0 saturated carbocycles. The van der Waals surface area contributed by atoms with Gasteiger partial charge in [-0.2, -0.15) is 4.99 Å². The van der Waals surface area contributed by atoms with Gasteiger partial charge in [0.1, 0.15) is 4.99 Å². The molecular weight excluding hydrogens is 400 g/mol. The first-order valence-electron chi connectivity index (χ1n) is 9.69. The van der Waals surface area contributed by atoms with Crippen molar-refractivity contribution >= 4 is 28.9 Å². The van der Waals surface area contributed by atoms with Crippen molar-refractivity contribution in [2.24, 2.45) is 15.9 Å². The molecule has 2 aromatic carbocycles. The number of phenols is 1. The topological polar surface area (TPSA) is 72.6 Å². The molecule has 0 amide bonds. The van der Waals surface area contributed by atoms with Crippen LogP contribution in [0.3, 0.4) is 0 Å². The Morgan fingerprint density at radius 1 is 1.13 bits per heavy atom. The zero-order valence-electron chi connectivity index (χ0n) is 17.6. The molecular formula is C23H24N2O4S. The maximum Gasteiger partial charge on any atom is 0.207 e. The van der Waals surface area contributed by atoms with Crippen molar-refractivity contribution in [3.63, 3.8) is 0 Å². The molecule has 7 heteroatoms. The van der Waals surface area contributed by atoms with Crippen LogP contribution in [0.15, 0.2) is 40.3 Å². The Balaban J connectivity index is 1.76. The van der Waals surface area contributed by atoms with Crippen LogP contribution in [0.1, 0.15) is 37.5 Å². The summed E-state index contributed by atoms with van der Waals surface area (Å²) in [6, 6.07) is 9.31. The van der Waals surface area contributed by atoms with Crippen molar-refractivity contribution in [2.45, 2.75) is 32.6 Å². The van der Waals surface area contributed by atoms with E-state index in [0.717, 1.165) is 11.1 Å². The first-order valence-corrected chi connectivity index (χ1v) is 10.1. The van der Waals surface area contributed by atoms with E-state index in [1.165, 1.54) is 0 Å². The number of ether oxygens (including phenoxy) is 3. The number of rotatable bonds is 3. The number of methoxy groups -OCH3 is 2. The third-order valence-corrected chi connectivity index (χ3v) is 5.69. The van der Waals surface area contributed by atoms with E-state index in [-0.39, 0.29) is 17.1 Å². The van der Waals surface area contributed by atoms with Gasteiger partial charge in [0.2, 0.25) is 5.90 Å². The fraction of sp³-hybridized carbons (Fsp3) is 0.348. The Morgan fingerprint density at radius 3 is 2.57 bits per heavy atom. The fourth-order valence-electron chi connectivity index (χ4n) is 3.65. The van der Waals surface area contributed by atoms with Gasteiger partial charge in [-0.05, 0) is 35.6 Å². The van der Waals surface area contributed by atoms with Crippen LogP contribution < -0.4 is 14.2 Å². The predicted molar refractivity (Wildman–Crippen MR) is 121 cm³/mol. The minimum Gasteiger partial charge on any atom is -0.504 e. The summed E-state index contributed by atoms with van der Waals surface area (Å²) >= 11 is 5.61. The average Bonchev–Trinajstić information content (AvgIpc) is 2.71. The second-order valence-corrected chi connectivity index (χ2v) is 8.78. The highest BCUT2D eigenvalue weighted by Gasteiger charge is 2.36. The Kier molecular flexibility index (Phi) is 5.02. The first kappa shape index (κ1) is 20.3. The number of nitrogens with zero attached hydrogens (tertiary/aromatic N) is 2. The molecule has 4 rings (SSSR count). The van der Waals surface area contributed by atoms with Crippen molar-refractivity contribution in [3.05, 3.63) is 47.0 Å². The van der Waals surface area contributed by atoms with Crippen LogP contribution in [0.25, 0.3) is 0 Å². The molecule has 2 aliphatic rings. The molecule has 1 N–H and O–H groups in total. The van der Waals surface area contributed by atoms with E-state index in [2.05, 4.69) is 36.8 Å². The SMILES string of the molecule is COc1cccc(C2=NC(=S)C3Cc4cc(C(C)(C)C)cc(O)c4OC3=N2)c1OC. The Morgan fingerprint density at radius 2 is 1.90 bits per heavy atom. The lowest BCUT2D eigenvalue weighted by Gasteiger charge is -2.30. The lowest BCUT2D eigenvalue weighted by atomic mass is 9.83. The van der Waals surface area contributed by atoms with Crippen molar-refractivity contribution in [1.29, 1.82) is 0 Å². The quantitative estimate of drug-likeness (QED) is 0.738. The summed E-state index contributed by atoms with van der Waals surface area (Å²) in [6.07, 6.45) is 0.580. The number of aliphatic imine (C=N–C) groups is 2. The van der Waals surface area contributed by atoms with Gasteiger partial charge in [0.15, 0.2) is 28.8 Å². The standard InChI is InChI=1S/C23H24N2O4S/c1-23(2,3)13-9-12-10-15-21(29-18(12)16(26)11-13)24-20(25-22(15)30)14-7-6-8-17(27-4)19(14)28-5/h6-9,11,15,26H,10H2,1-5H3. The van der Waals surface area contributed by atoms with Crippen LogP contribution in [0.4, 0.5) is 0 Å². The number of benzene rings is 2. The molecule has 0 bridgehead atoms. The van der Waals surface area contributed by atoms with E-state index in [1.807, 2.05) is 12.1 Å². The van der Waals surface area contributed by atoms with Crippen molar-refractivity contribution in [3.8, 4) is 23.0 Å². The van der Waals surface area contributed by atoms with Gasteiger partial charge in [0.05, 0.1) is 25.7 Å². The molecule has 2 aliphatic heterocycles. The summed E-state index contributed by atoms with van der Waals surface area (Å²) in [6.45, 7) is 6.32. The summed E-state index contributed by atoms with van der Waals surface area (Å²) in [5, 5.41) is 10.6. The van der Waals surface area contributed by atoms with Gasteiger partial charge in [-0.1, -0.05) is 45.1 Å².